The number of nitrogens with zero attached hydrogens (tertiary/aromatic N) is 2. The van der Waals surface area contributed by atoms with Gasteiger partial charge in [-0.2, -0.15) is 0 Å². The van der Waals surface area contributed by atoms with E-state index in [-0.39, 0.29) is 43.4 Å². The molecule has 39 heavy (non-hydrogen) atoms. The van der Waals surface area contributed by atoms with Crippen LogP contribution in [0, 0.1) is 12.7 Å². The number of benzene rings is 2. The SMILES string of the molecule is CCCCCc1ccc(C(=O)N(CC(=O)N(Cc2ccc(F)cc2)Cc2ccc(C)o2)CC2CCCO2)cc1. The number of aryl methyl sites for hydroxylation is 2. The molecule has 4 rings (SSSR count). The number of ether oxygens (including phenoxy) is 1. The van der Waals surface area contributed by atoms with E-state index in [1.54, 1.807) is 21.9 Å². The number of halogens is 1. The largest absolute Gasteiger partial charge is 0.464 e. The van der Waals surface area contributed by atoms with Crippen molar-refractivity contribution >= 4 is 11.8 Å². The van der Waals surface area contributed by atoms with Gasteiger partial charge < -0.3 is 19.0 Å². The van der Waals surface area contributed by atoms with Crippen molar-refractivity contribution in [2.75, 3.05) is 19.7 Å². The van der Waals surface area contributed by atoms with Crippen LogP contribution >= 0.6 is 0 Å². The molecule has 0 aliphatic carbocycles. The van der Waals surface area contributed by atoms with Crippen LogP contribution in [-0.2, 0) is 29.0 Å². The van der Waals surface area contributed by atoms with E-state index >= 15 is 0 Å². The highest BCUT2D eigenvalue weighted by molar-refractivity contribution is 5.96. The van der Waals surface area contributed by atoms with Gasteiger partial charge in [0.05, 0.1) is 12.6 Å². The maximum Gasteiger partial charge on any atom is 0.254 e. The van der Waals surface area contributed by atoms with Crippen molar-refractivity contribution in [1.29, 1.82) is 0 Å². The van der Waals surface area contributed by atoms with Crippen molar-refractivity contribution in [3.05, 3.63) is 94.7 Å². The Morgan fingerprint density at radius 1 is 0.923 bits per heavy atom. The number of rotatable bonds is 13. The number of furan rings is 1. The van der Waals surface area contributed by atoms with Crippen molar-refractivity contribution < 1.29 is 23.1 Å². The maximum absolute atomic E-state index is 13.7. The highest BCUT2D eigenvalue weighted by atomic mass is 19.1. The first kappa shape index (κ1) is 28.6. The van der Waals surface area contributed by atoms with E-state index in [1.165, 1.54) is 30.5 Å². The maximum atomic E-state index is 13.7. The molecule has 0 bridgehead atoms. The van der Waals surface area contributed by atoms with Gasteiger partial charge in [-0.05, 0) is 80.1 Å². The molecule has 7 heteroatoms. The fraction of sp³-hybridized carbons (Fsp3) is 0.438. The lowest BCUT2D eigenvalue weighted by Gasteiger charge is -2.29. The topological polar surface area (TPSA) is 63.0 Å². The summed E-state index contributed by atoms with van der Waals surface area (Å²) in [4.78, 5) is 30.6. The molecule has 0 N–H and O–H groups in total. The summed E-state index contributed by atoms with van der Waals surface area (Å²) in [6, 6.07) is 17.5. The van der Waals surface area contributed by atoms with Gasteiger partial charge in [-0.3, -0.25) is 9.59 Å². The monoisotopic (exact) mass is 534 g/mol. The van der Waals surface area contributed by atoms with Crippen molar-refractivity contribution in [1.82, 2.24) is 9.80 Å². The normalized spacial score (nSPS) is 14.9. The van der Waals surface area contributed by atoms with Gasteiger partial charge in [0, 0.05) is 25.3 Å². The number of hydrogen-bond acceptors (Lipinski definition) is 4. The molecule has 3 aromatic rings. The summed E-state index contributed by atoms with van der Waals surface area (Å²) >= 11 is 0. The molecule has 1 aromatic heterocycles. The van der Waals surface area contributed by atoms with Crippen LogP contribution in [-0.4, -0.2) is 47.4 Å². The Balaban J connectivity index is 1.51. The van der Waals surface area contributed by atoms with Crippen LogP contribution in [0.2, 0.25) is 0 Å². The molecule has 0 spiro atoms. The first-order valence-electron chi connectivity index (χ1n) is 14.0. The van der Waals surface area contributed by atoms with Crippen molar-refractivity contribution in [2.45, 2.75) is 71.6 Å². The molecule has 6 nitrogen and oxygen atoms in total. The fourth-order valence-corrected chi connectivity index (χ4v) is 4.89. The number of hydrogen-bond donors (Lipinski definition) is 0. The highest BCUT2D eigenvalue weighted by Gasteiger charge is 2.27. The third-order valence-electron chi connectivity index (χ3n) is 7.11. The molecular formula is C32H39FN2O4. The number of unbranched alkanes of at least 4 members (excludes halogenated alkanes) is 2. The zero-order valence-electron chi connectivity index (χ0n) is 23.0. The highest BCUT2D eigenvalue weighted by Crippen LogP contribution is 2.19. The van der Waals surface area contributed by atoms with E-state index in [9.17, 15) is 14.0 Å². The Morgan fingerprint density at radius 3 is 2.31 bits per heavy atom. The lowest BCUT2D eigenvalue weighted by atomic mass is 10.0. The summed E-state index contributed by atoms with van der Waals surface area (Å²) < 4.78 is 25.1. The van der Waals surface area contributed by atoms with Crippen molar-refractivity contribution in [3.8, 4) is 0 Å². The van der Waals surface area contributed by atoms with Gasteiger partial charge in [-0.25, -0.2) is 4.39 Å². The minimum Gasteiger partial charge on any atom is -0.464 e. The Morgan fingerprint density at radius 2 is 1.67 bits per heavy atom. The number of amides is 2. The van der Waals surface area contributed by atoms with Crippen LogP contribution < -0.4 is 0 Å². The second-order valence-electron chi connectivity index (χ2n) is 10.4. The minimum atomic E-state index is -0.331. The molecule has 208 valence electrons. The second-order valence-corrected chi connectivity index (χ2v) is 10.4. The minimum absolute atomic E-state index is 0.0855. The smallest absolute Gasteiger partial charge is 0.254 e. The van der Waals surface area contributed by atoms with Gasteiger partial charge in [-0.15, -0.1) is 0 Å². The Labute approximate surface area is 230 Å². The van der Waals surface area contributed by atoms with Crippen LogP contribution in [0.25, 0.3) is 0 Å². The predicted octanol–water partition coefficient (Wildman–Crippen LogP) is 6.31. The van der Waals surface area contributed by atoms with Gasteiger partial charge in [-0.1, -0.05) is 44.0 Å². The molecular weight excluding hydrogens is 495 g/mol. The molecule has 1 fully saturated rings. The van der Waals surface area contributed by atoms with Crippen LogP contribution in [0.4, 0.5) is 4.39 Å². The molecule has 1 aliphatic heterocycles. The Bertz CT molecular complexity index is 1200. The summed E-state index contributed by atoms with van der Waals surface area (Å²) in [6.45, 7) is 5.49. The summed E-state index contributed by atoms with van der Waals surface area (Å²) in [6.07, 6.45) is 6.19. The number of carbonyl (C=O) groups excluding carboxylic acids is 2. The molecule has 1 saturated heterocycles. The van der Waals surface area contributed by atoms with Gasteiger partial charge in [0.25, 0.3) is 5.91 Å². The zero-order valence-corrected chi connectivity index (χ0v) is 23.0. The van der Waals surface area contributed by atoms with Crippen molar-refractivity contribution in [3.63, 3.8) is 0 Å². The van der Waals surface area contributed by atoms with Crippen LogP contribution in [0.15, 0.2) is 65.1 Å². The van der Waals surface area contributed by atoms with Crippen LogP contribution in [0.5, 0.6) is 0 Å². The van der Waals surface area contributed by atoms with E-state index in [0.717, 1.165) is 37.0 Å². The van der Waals surface area contributed by atoms with E-state index in [4.69, 9.17) is 9.15 Å². The summed E-state index contributed by atoms with van der Waals surface area (Å²) in [5.41, 5.74) is 2.57. The molecule has 0 radical (unpaired) electrons. The lowest BCUT2D eigenvalue weighted by Crippen LogP contribution is -2.45. The third-order valence-corrected chi connectivity index (χ3v) is 7.11. The first-order valence-corrected chi connectivity index (χ1v) is 14.0. The average Bonchev–Trinajstić information content (AvgIpc) is 3.60. The summed E-state index contributed by atoms with van der Waals surface area (Å²) in [5.74, 6) is 0.680. The van der Waals surface area contributed by atoms with E-state index in [2.05, 4.69) is 6.92 Å². The van der Waals surface area contributed by atoms with Gasteiger partial charge in [0.2, 0.25) is 5.91 Å². The van der Waals surface area contributed by atoms with Gasteiger partial charge in [0.1, 0.15) is 23.9 Å². The summed E-state index contributed by atoms with van der Waals surface area (Å²) in [7, 11) is 0. The van der Waals surface area contributed by atoms with Gasteiger partial charge >= 0.3 is 0 Å². The fourth-order valence-electron chi connectivity index (χ4n) is 4.89. The average molecular weight is 535 g/mol. The van der Waals surface area contributed by atoms with Crippen LogP contribution in [0.1, 0.15) is 72.0 Å². The lowest BCUT2D eigenvalue weighted by molar-refractivity contribution is -0.133. The second kappa shape index (κ2) is 14.1. The standard InChI is InChI=1S/C32H39FN2O4/c1-3-4-5-7-25-10-14-27(15-11-25)32(37)35(21-29-8-6-19-38-29)23-31(36)34(22-30-18-9-24(2)39-30)20-26-12-16-28(33)17-13-26/h9-18,29H,3-8,19-23H2,1-2H3. The first-order chi connectivity index (χ1) is 18.9. The summed E-state index contributed by atoms with van der Waals surface area (Å²) in [5, 5.41) is 0. The predicted molar refractivity (Wildman–Crippen MR) is 149 cm³/mol. The third kappa shape index (κ3) is 8.52. The molecule has 2 heterocycles. The molecule has 1 unspecified atom stereocenters. The van der Waals surface area contributed by atoms with E-state index in [1.807, 2.05) is 43.3 Å². The van der Waals surface area contributed by atoms with Crippen LogP contribution in [0.3, 0.4) is 0 Å². The Kier molecular flexibility index (Phi) is 10.3. The Hall–Kier alpha value is -3.45. The van der Waals surface area contributed by atoms with Gasteiger partial charge in [0.15, 0.2) is 0 Å². The number of carbonyl (C=O) groups is 2. The molecule has 1 aliphatic rings. The molecule has 2 amide bonds. The molecule has 1 atom stereocenters. The quantitative estimate of drug-likeness (QED) is 0.241. The molecule has 0 saturated carbocycles. The zero-order chi connectivity index (χ0) is 27.6. The van der Waals surface area contributed by atoms with E-state index < -0.39 is 0 Å². The molecule has 2 aromatic carbocycles. The van der Waals surface area contributed by atoms with E-state index in [0.29, 0.717) is 24.5 Å². The van der Waals surface area contributed by atoms with Crippen molar-refractivity contribution in [2.24, 2.45) is 0 Å².